The molecule has 0 aliphatic heterocycles. The number of aromatic amines is 1. The van der Waals surface area contributed by atoms with Gasteiger partial charge in [0.15, 0.2) is 0 Å². The first-order valence-electron chi connectivity index (χ1n) is 6.56. The van der Waals surface area contributed by atoms with Gasteiger partial charge >= 0.3 is 5.97 Å². The van der Waals surface area contributed by atoms with E-state index in [0.29, 0.717) is 11.5 Å². The molecule has 0 saturated heterocycles. The number of carbonyl (C=O) groups is 1. The Balaban J connectivity index is 2.37. The van der Waals surface area contributed by atoms with Crippen LogP contribution in [-0.2, 0) is 11.2 Å². The monoisotopic (exact) mass is 304 g/mol. The van der Waals surface area contributed by atoms with Crippen molar-refractivity contribution < 1.29 is 9.90 Å². The van der Waals surface area contributed by atoms with Gasteiger partial charge in [-0.05, 0) is 24.8 Å². The summed E-state index contributed by atoms with van der Waals surface area (Å²) in [7, 11) is 0. The molecule has 0 fully saturated rings. The first kappa shape index (κ1) is 15.3. The minimum Gasteiger partial charge on any atom is -0.481 e. The molecule has 6 heteroatoms. The molecule has 0 aliphatic rings. The van der Waals surface area contributed by atoms with Crippen LogP contribution in [0.2, 0.25) is 0 Å². The molecule has 0 saturated carbocycles. The molecule has 1 aromatic heterocycles. The largest absolute Gasteiger partial charge is 0.481 e. The Morgan fingerprint density at radius 2 is 2.00 bits per heavy atom. The zero-order valence-electron chi connectivity index (χ0n) is 11.8. The van der Waals surface area contributed by atoms with Crippen LogP contribution in [0.4, 0.5) is 0 Å². The molecule has 1 aromatic carbocycles. The molecule has 2 N–H and O–H groups in total. The molecule has 0 amide bonds. The van der Waals surface area contributed by atoms with E-state index in [1.54, 1.807) is 18.7 Å². The zero-order chi connectivity index (χ0) is 15.4. The van der Waals surface area contributed by atoms with Crippen molar-refractivity contribution in [3.8, 4) is 11.4 Å². The van der Waals surface area contributed by atoms with E-state index >= 15 is 0 Å². The predicted octanol–water partition coefficient (Wildman–Crippen LogP) is 2.48. The van der Waals surface area contributed by atoms with Crippen molar-refractivity contribution in [3.05, 3.63) is 45.9 Å². The Labute approximate surface area is 126 Å². The van der Waals surface area contributed by atoms with Gasteiger partial charge in [0, 0.05) is 21.7 Å². The zero-order valence-corrected chi connectivity index (χ0v) is 12.7. The number of nitrogens with one attached hydrogen (secondary N) is 1. The van der Waals surface area contributed by atoms with Crippen molar-refractivity contribution in [1.29, 1.82) is 0 Å². The summed E-state index contributed by atoms with van der Waals surface area (Å²) in [6, 6.07) is 7.74. The van der Waals surface area contributed by atoms with Crippen molar-refractivity contribution in [2.24, 2.45) is 0 Å². The lowest BCUT2D eigenvalue weighted by molar-refractivity contribution is -0.136. The molecule has 0 unspecified atom stereocenters. The van der Waals surface area contributed by atoms with Gasteiger partial charge in [-0.1, -0.05) is 19.1 Å². The second-order valence-corrected chi connectivity index (χ2v) is 5.84. The van der Waals surface area contributed by atoms with Gasteiger partial charge in [-0.15, -0.1) is 11.8 Å². The summed E-state index contributed by atoms with van der Waals surface area (Å²) < 4.78 is 0. The molecule has 0 bridgehead atoms. The first-order chi connectivity index (χ1) is 10.0. The molecule has 21 heavy (non-hydrogen) atoms. The van der Waals surface area contributed by atoms with Crippen LogP contribution in [0.5, 0.6) is 0 Å². The normalized spacial score (nSPS) is 10.6. The summed E-state index contributed by atoms with van der Waals surface area (Å²) in [6.45, 7) is 3.74. The van der Waals surface area contributed by atoms with E-state index < -0.39 is 11.5 Å². The van der Waals surface area contributed by atoms with Crippen LogP contribution in [0.1, 0.15) is 18.2 Å². The van der Waals surface area contributed by atoms with Gasteiger partial charge in [0.25, 0.3) is 5.56 Å². The van der Waals surface area contributed by atoms with Crippen LogP contribution in [0.3, 0.4) is 0 Å². The van der Waals surface area contributed by atoms with Gasteiger partial charge in [-0.25, -0.2) is 4.98 Å². The van der Waals surface area contributed by atoms with Gasteiger partial charge in [-0.2, -0.15) is 0 Å². The maximum absolute atomic E-state index is 12.0. The van der Waals surface area contributed by atoms with Crippen LogP contribution in [0.15, 0.2) is 34.0 Å². The van der Waals surface area contributed by atoms with Crippen LogP contribution >= 0.6 is 11.8 Å². The molecular weight excluding hydrogens is 288 g/mol. The third-order valence-corrected chi connectivity index (χ3v) is 3.88. The summed E-state index contributed by atoms with van der Waals surface area (Å²) in [6.07, 6.45) is -0.319. The van der Waals surface area contributed by atoms with E-state index in [1.165, 1.54) is 0 Å². The second kappa shape index (κ2) is 6.58. The average Bonchev–Trinajstić information content (AvgIpc) is 2.43. The first-order valence-corrected chi connectivity index (χ1v) is 7.54. The van der Waals surface area contributed by atoms with Crippen LogP contribution < -0.4 is 5.56 Å². The average molecular weight is 304 g/mol. The SMILES string of the molecule is CCSc1ccc(-c2nc(C)c(CC(=O)O)c(=O)[nH]2)cc1. The minimum atomic E-state index is -1.04. The molecule has 0 aliphatic carbocycles. The van der Waals surface area contributed by atoms with E-state index in [1.807, 2.05) is 24.3 Å². The fourth-order valence-corrected chi connectivity index (χ4v) is 2.64. The Morgan fingerprint density at radius 3 is 2.52 bits per heavy atom. The topological polar surface area (TPSA) is 83.0 Å². The van der Waals surface area contributed by atoms with Crippen LogP contribution in [-0.4, -0.2) is 26.8 Å². The van der Waals surface area contributed by atoms with Crippen molar-refractivity contribution in [2.75, 3.05) is 5.75 Å². The van der Waals surface area contributed by atoms with E-state index in [-0.39, 0.29) is 12.0 Å². The highest BCUT2D eigenvalue weighted by atomic mass is 32.2. The Bertz CT molecular complexity index is 708. The predicted molar refractivity (Wildman–Crippen MR) is 82.8 cm³/mol. The molecule has 1 heterocycles. The maximum atomic E-state index is 12.0. The summed E-state index contributed by atoms with van der Waals surface area (Å²) in [5, 5.41) is 8.80. The van der Waals surface area contributed by atoms with Gasteiger partial charge < -0.3 is 10.1 Å². The van der Waals surface area contributed by atoms with Gasteiger partial charge in [0.1, 0.15) is 5.82 Å². The highest BCUT2D eigenvalue weighted by molar-refractivity contribution is 7.99. The number of aryl methyl sites for hydroxylation is 1. The number of thioether (sulfide) groups is 1. The fraction of sp³-hybridized carbons (Fsp3) is 0.267. The minimum absolute atomic E-state index is 0.199. The highest BCUT2D eigenvalue weighted by Gasteiger charge is 2.12. The summed E-state index contributed by atoms with van der Waals surface area (Å²) >= 11 is 1.74. The Kier molecular flexibility index (Phi) is 4.80. The molecule has 2 rings (SSSR count). The number of H-pyrrole nitrogens is 1. The maximum Gasteiger partial charge on any atom is 0.308 e. The smallest absolute Gasteiger partial charge is 0.308 e. The van der Waals surface area contributed by atoms with Gasteiger partial charge in [-0.3, -0.25) is 9.59 Å². The van der Waals surface area contributed by atoms with Crippen molar-refractivity contribution in [1.82, 2.24) is 9.97 Å². The van der Waals surface area contributed by atoms with E-state index in [0.717, 1.165) is 16.2 Å². The molecule has 5 nitrogen and oxygen atoms in total. The number of rotatable bonds is 5. The second-order valence-electron chi connectivity index (χ2n) is 4.51. The van der Waals surface area contributed by atoms with Crippen molar-refractivity contribution in [3.63, 3.8) is 0 Å². The Morgan fingerprint density at radius 1 is 1.33 bits per heavy atom. The van der Waals surface area contributed by atoms with E-state index in [9.17, 15) is 9.59 Å². The number of aliphatic carboxylic acids is 1. The fourth-order valence-electron chi connectivity index (χ4n) is 1.98. The number of benzene rings is 1. The Hall–Kier alpha value is -2.08. The molecule has 110 valence electrons. The number of aromatic nitrogens is 2. The number of carboxylic acids is 1. The number of hydrogen-bond acceptors (Lipinski definition) is 4. The summed E-state index contributed by atoms with van der Waals surface area (Å²) in [5.41, 5.74) is 1.05. The van der Waals surface area contributed by atoms with E-state index in [4.69, 9.17) is 5.11 Å². The molecule has 0 radical (unpaired) electrons. The standard InChI is InChI=1S/C15H16N2O3S/c1-3-21-11-6-4-10(5-7-11)14-16-9(2)12(8-13(18)19)15(20)17-14/h4-7H,3,8H2,1-2H3,(H,18,19)(H,16,17,20). The number of carboxylic acid groups (broad SMARTS) is 1. The molecule has 0 spiro atoms. The number of hydrogen-bond donors (Lipinski definition) is 2. The van der Waals surface area contributed by atoms with Gasteiger partial charge in [0.2, 0.25) is 0 Å². The van der Waals surface area contributed by atoms with Crippen LogP contribution in [0.25, 0.3) is 11.4 Å². The van der Waals surface area contributed by atoms with Crippen molar-refractivity contribution >= 4 is 17.7 Å². The lowest BCUT2D eigenvalue weighted by Gasteiger charge is -2.06. The molecular formula is C15H16N2O3S. The lowest BCUT2D eigenvalue weighted by atomic mass is 10.1. The highest BCUT2D eigenvalue weighted by Crippen LogP contribution is 2.21. The third kappa shape index (κ3) is 3.72. The van der Waals surface area contributed by atoms with E-state index in [2.05, 4.69) is 16.9 Å². The summed E-state index contributed by atoms with van der Waals surface area (Å²) in [4.78, 5) is 30.8. The summed E-state index contributed by atoms with van der Waals surface area (Å²) in [5.74, 6) is 0.413. The molecule has 0 atom stereocenters. The van der Waals surface area contributed by atoms with Gasteiger partial charge in [0.05, 0.1) is 6.42 Å². The number of nitrogens with zero attached hydrogens (tertiary/aromatic N) is 1. The van der Waals surface area contributed by atoms with Crippen LogP contribution in [0, 0.1) is 6.92 Å². The lowest BCUT2D eigenvalue weighted by Crippen LogP contribution is -2.20. The molecule has 2 aromatic rings. The third-order valence-electron chi connectivity index (χ3n) is 2.99. The quantitative estimate of drug-likeness (QED) is 0.829. The van der Waals surface area contributed by atoms with Crippen molar-refractivity contribution in [2.45, 2.75) is 25.2 Å².